The molecule has 1 aromatic heterocycles. The summed E-state index contributed by atoms with van der Waals surface area (Å²) in [5, 5.41) is 0. The lowest BCUT2D eigenvalue weighted by atomic mass is 10.2. The maximum atomic E-state index is 5.56. The highest BCUT2D eigenvalue weighted by atomic mass is 16.3. The standard InChI is InChI=1S/C13H22N2O/c1-4-6-15(7-5-2)10-12-8-13(9-14)16-11(12)3/h4,8H,1,5-7,9-10,14H2,2-3H3. The van der Waals surface area contributed by atoms with Gasteiger partial charge in [-0.3, -0.25) is 4.90 Å². The predicted octanol–water partition coefficient (Wildman–Crippen LogP) is 2.44. The minimum absolute atomic E-state index is 0.468. The van der Waals surface area contributed by atoms with Crippen molar-refractivity contribution in [2.75, 3.05) is 13.1 Å². The number of nitrogens with two attached hydrogens (primary N) is 1. The minimum Gasteiger partial charge on any atom is -0.465 e. The van der Waals surface area contributed by atoms with Gasteiger partial charge < -0.3 is 10.2 Å². The number of rotatable bonds is 7. The van der Waals surface area contributed by atoms with E-state index < -0.39 is 0 Å². The zero-order valence-corrected chi connectivity index (χ0v) is 10.3. The number of hydrogen-bond acceptors (Lipinski definition) is 3. The zero-order valence-electron chi connectivity index (χ0n) is 10.3. The first kappa shape index (κ1) is 13.0. The molecule has 0 unspecified atom stereocenters. The fourth-order valence-electron chi connectivity index (χ4n) is 1.82. The smallest absolute Gasteiger partial charge is 0.118 e. The first-order valence-corrected chi connectivity index (χ1v) is 5.82. The van der Waals surface area contributed by atoms with Crippen LogP contribution in [0.3, 0.4) is 0 Å². The molecule has 3 heteroatoms. The van der Waals surface area contributed by atoms with Gasteiger partial charge in [0, 0.05) is 18.7 Å². The van der Waals surface area contributed by atoms with E-state index >= 15 is 0 Å². The molecule has 2 N–H and O–H groups in total. The van der Waals surface area contributed by atoms with Gasteiger partial charge in [0.15, 0.2) is 0 Å². The Balaban J connectivity index is 2.67. The number of hydrogen-bond donors (Lipinski definition) is 1. The molecule has 0 aromatic carbocycles. The first-order chi connectivity index (χ1) is 7.71. The molecule has 16 heavy (non-hydrogen) atoms. The van der Waals surface area contributed by atoms with E-state index in [1.807, 2.05) is 13.0 Å². The summed E-state index contributed by atoms with van der Waals surface area (Å²) in [5.41, 5.74) is 6.79. The number of aryl methyl sites for hydroxylation is 1. The summed E-state index contributed by atoms with van der Waals surface area (Å²) in [6.45, 7) is 11.3. The Bertz CT molecular complexity index is 331. The normalized spacial score (nSPS) is 11.0. The minimum atomic E-state index is 0.468. The highest BCUT2D eigenvalue weighted by Gasteiger charge is 2.10. The molecule has 1 aromatic rings. The molecule has 0 aliphatic carbocycles. The highest BCUT2D eigenvalue weighted by Crippen LogP contribution is 2.16. The van der Waals surface area contributed by atoms with Gasteiger partial charge in [-0.15, -0.1) is 6.58 Å². The summed E-state index contributed by atoms with van der Waals surface area (Å²) >= 11 is 0. The highest BCUT2D eigenvalue weighted by molar-refractivity contribution is 5.20. The van der Waals surface area contributed by atoms with E-state index in [1.54, 1.807) is 0 Å². The van der Waals surface area contributed by atoms with Crippen molar-refractivity contribution in [1.29, 1.82) is 0 Å². The largest absolute Gasteiger partial charge is 0.465 e. The van der Waals surface area contributed by atoms with Gasteiger partial charge in [-0.25, -0.2) is 0 Å². The van der Waals surface area contributed by atoms with E-state index in [9.17, 15) is 0 Å². The van der Waals surface area contributed by atoms with Gasteiger partial charge in [0.25, 0.3) is 0 Å². The van der Waals surface area contributed by atoms with Gasteiger partial charge in [0.05, 0.1) is 6.54 Å². The van der Waals surface area contributed by atoms with Crippen LogP contribution in [0.4, 0.5) is 0 Å². The Morgan fingerprint density at radius 3 is 2.81 bits per heavy atom. The maximum absolute atomic E-state index is 5.56. The summed E-state index contributed by atoms with van der Waals surface area (Å²) in [6.07, 6.45) is 3.09. The average Bonchev–Trinajstić information content (AvgIpc) is 2.60. The lowest BCUT2D eigenvalue weighted by Crippen LogP contribution is -2.24. The van der Waals surface area contributed by atoms with E-state index in [2.05, 4.69) is 24.5 Å². The molecule has 1 rings (SSSR count). The summed E-state index contributed by atoms with van der Waals surface area (Å²) in [5.74, 6) is 1.84. The molecule has 0 atom stereocenters. The second kappa shape index (κ2) is 6.51. The maximum Gasteiger partial charge on any atom is 0.118 e. The average molecular weight is 222 g/mol. The van der Waals surface area contributed by atoms with Crippen LogP contribution in [0.25, 0.3) is 0 Å². The van der Waals surface area contributed by atoms with E-state index in [1.165, 1.54) is 5.56 Å². The SMILES string of the molecule is C=CCN(CCC)Cc1cc(CN)oc1C. The van der Waals surface area contributed by atoms with E-state index in [0.29, 0.717) is 6.54 Å². The molecule has 0 bridgehead atoms. The Morgan fingerprint density at radius 1 is 1.56 bits per heavy atom. The van der Waals surface area contributed by atoms with Crippen LogP contribution in [-0.2, 0) is 13.1 Å². The number of furan rings is 1. The molecule has 1 heterocycles. The van der Waals surface area contributed by atoms with Crippen LogP contribution >= 0.6 is 0 Å². The lowest BCUT2D eigenvalue weighted by Gasteiger charge is -2.19. The van der Waals surface area contributed by atoms with Crippen molar-refractivity contribution in [2.24, 2.45) is 5.73 Å². The fourth-order valence-corrected chi connectivity index (χ4v) is 1.82. The molecule has 0 saturated carbocycles. The van der Waals surface area contributed by atoms with Crippen molar-refractivity contribution in [1.82, 2.24) is 4.90 Å². The Kier molecular flexibility index (Phi) is 5.29. The van der Waals surface area contributed by atoms with E-state index in [0.717, 1.165) is 37.6 Å². The summed E-state index contributed by atoms with van der Waals surface area (Å²) in [7, 11) is 0. The van der Waals surface area contributed by atoms with Crippen LogP contribution in [0.15, 0.2) is 23.1 Å². The Morgan fingerprint density at radius 2 is 2.31 bits per heavy atom. The number of nitrogens with zero attached hydrogens (tertiary/aromatic N) is 1. The Hall–Kier alpha value is -1.06. The third kappa shape index (κ3) is 3.51. The van der Waals surface area contributed by atoms with Crippen LogP contribution in [0.2, 0.25) is 0 Å². The van der Waals surface area contributed by atoms with Crippen molar-refractivity contribution in [2.45, 2.75) is 33.4 Å². The molecule has 0 fully saturated rings. The third-order valence-electron chi connectivity index (χ3n) is 2.59. The van der Waals surface area contributed by atoms with Crippen LogP contribution < -0.4 is 5.73 Å². The summed E-state index contributed by atoms with van der Waals surface area (Å²) in [6, 6.07) is 2.06. The summed E-state index contributed by atoms with van der Waals surface area (Å²) < 4.78 is 5.54. The van der Waals surface area contributed by atoms with Gasteiger partial charge in [0.2, 0.25) is 0 Å². The molecule has 0 spiro atoms. The van der Waals surface area contributed by atoms with Gasteiger partial charge >= 0.3 is 0 Å². The van der Waals surface area contributed by atoms with Crippen molar-refractivity contribution in [3.05, 3.63) is 35.8 Å². The van der Waals surface area contributed by atoms with Crippen LogP contribution in [-0.4, -0.2) is 18.0 Å². The lowest BCUT2D eigenvalue weighted by molar-refractivity contribution is 0.293. The van der Waals surface area contributed by atoms with Crippen molar-refractivity contribution < 1.29 is 4.42 Å². The molecular weight excluding hydrogens is 200 g/mol. The van der Waals surface area contributed by atoms with Crippen LogP contribution in [0.1, 0.15) is 30.4 Å². The quantitative estimate of drug-likeness (QED) is 0.721. The monoisotopic (exact) mass is 222 g/mol. The second-order valence-electron chi connectivity index (χ2n) is 4.02. The van der Waals surface area contributed by atoms with Crippen molar-refractivity contribution in [3.8, 4) is 0 Å². The molecular formula is C13H22N2O. The third-order valence-corrected chi connectivity index (χ3v) is 2.59. The molecule has 0 amide bonds. The van der Waals surface area contributed by atoms with Crippen molar-refractivity contribution in [3.63, 3.8) is 0 Å². The van der Waals surface area contributed by atoms with Gasteiger partial charge in [-0.05, 0) is 26.0 Å². The predicted molar refractivity (Wildman–Crippen MR) is 67.1 cm³/mol. The van der Waals surface area contributed by atoms with Gasteiger partial charge in [-0.2, -0.15) is 0 Å². The van der Waals surface area contributed by atoms with Crippen LogP contribution in [0.5, 0.6) is 0 Å². The molecule has 0 aliphatic rings. The first-order valence-electron chi connectivity index (χ1n) is 5.82. The van der Waals surface area contributed by atoms with Crippen molar-refractivity contribution >= 4 is 0 Å². The van der Waals surface area contributed by atoms with E-state index in [-0.39, 0.29) is 0 Å². The van der Waals surface area contributed by atoms with Gasteiger partial charge in [0.1, 0.15) is 11.5 Å². The topological polar surface area (TPSA) is 42.4 Å². The van der Waals surface area contributed by atoms with Crippen LogP contribution in [0, 0.1) is 6.92 Å². The summed E-state index contributed by atoms with van der Waals surface area (Å²) in [4.78, 5) is 2.35. The van der Waals surface area contributed by atoms with Gasteiger partial charge in [-0.1, -0.05) is 13.0 Å². The zero-order chi connectivity index (χ0) is 12.0. The molecule has 0 radical (unpaired) electrons. The Labute approximate surface area is 97.9 Å². The molecule has 0 aliphatic heterocycles. The molecule has 90 valence electrons. The molecule has 3 nitrogen and oxygen atoms in total. The second-order valence-corrected chi connectivity index (χ2v) is 4.02. The fraction of sp³-hybridized carbons (Fsp3) is 0.538. The molecule has 0 saturated heterocycles. The van der Waals surface area contributed by atoms with E-state index in [4.69, 9.17) is 10.2 Å².